The lowest BCUT2D eigenvalue weighted by atomic mass is 10.1. The number of pyridine rings is 1. The second-order valence-electron chi connectivity index (χ2n) is 7.22. The third-order valence-corrected chi connectivity index (χ3v) is 5.09. The molecule has 1 amide bonds. The van der Waals surface area contributed by atoms with E-state index in [1.807, 2.05) is 0 Å². The third-order valence-electron chi connectivity index (χ3n) is 5.09. The molecule has 1 aromatic carbocycles. The van der Waals surface area contributed by atoms with Crippen LogP contribution < -0.4 is 10.6 Å². The van der Waals surface area contributed by atoms with E-state index in [4.69, 9.17) is 5.73 Å². The Kier molecular flexibility index (Phi) is 5.18. The van der Waals surface area contributed by atoms with Crippen molar-refractivity contribution in [3.05, 3.63) is 90.4 Å². The van der Waals surface area contributed by atoms with Gasteiger partial charge in [0.15, 0.2) is 11.5 Å². The Morgan fingerprint density at radius 1 is 0.912 bits per heavy atom. The van der Waals surface area contributed by atoms with Crippen LogP contribution in [-0.4, -0.2) is 53.4 Å². The molecule has 11 heteroatoms. The zero-order valence-electron chi connectivity index (χ0n) is 17.9. The number of benzene rings is 1. The number of rotatable bonds is 5. The van der Waals surface area contributed by atoms with Gasteiger partial charge in [0.1, 0.15) is 5.82 Å². The fourth-order valence-corrected chi connectivity index (χ4v) is 3.43. The minimum absolute atomic E-state index is 0.0459. The van der Waals surface area contributed by atoms with Crippen LogP contribution in [0.15, 0.2) is 73.3 Å². The van der Waals surface area contributed by atoms with Crippen LogP contribution in [0.25, 0.3) is 16.7 Å². The van der Waals surface area contributed by atoms with Gasteiger partial charge in [-0.1, -0.05) is 12.1 Å². The first-order chi connectivity index (χ1) is 16.5. The first-order valence-electron chi connectivity index (χ1n) is 10.2. The van der Waals surface area contributed by atoms with Gasteiger partial charge in [-0.25, -0.2) is 24.6 Å². The summed E-state index contributed by atoms with van der Waals surface area (Å²) in [7, 11) is 1.61. The highest BCUT2D eigenvalue weighted by molar-refractivity contribution is 6.14. The quantitative estimate of drug-likeness (QED) is 0.397. The predicted molar refractivity (Wildman–Crippen MR) is 124 cm³/mol. The van der Waals surface area contributed by atoms with Gasteiger partial charge < -0.3 is 5.73 Å². The van der Waals surface area contributed by atoms with Crippen molar-refractivity contribution in [2.24, 2.45) is 0 Å². The Balaban J connectivity index is 1.67. The average molecular weight is 451 g/mol. The number of carbonyl (C=O) groups excluding carboxylic acids is 2. The van der Waals surface area contributed by atoms with Crippen LogP contribution >= 0.6 is 0 Å². The van der Waals surface area contributed by atoms with E-state index in [1.54, 1.807) is 61.8 Å². The van der Waals surface area contributed by atoms with E-state index < -0.39 is 0 Å². The third kappa shape index (κ3) is 3.71. The van der Waals surface area contributed by atoms with Crippen molar-refractivity contribution in [1.29, 1.82) is 0 Å². The maximum Gasteiger partial charge on any atom is 0.280 e. The molecule has 0 radical (unpaired) electrons. The predicted octanol–water partition coefficient (Wildman–Crippen LogP) is 2.09. The molecule has 5 aromatic rings. The number of nitrogens with two attached hydrogens (primary N) is 1. The van der Waals surface area contributed by atoms with Gasteiger partial charge in [-0.15, -0.1) is 0 Å². The summed E-state index contributed by atoms with van der Waals surface area (Å²) in [4.78, 5) is 48.1. The zero-order chi connectivity index (χ0) is 23.7. The molecular formula is C23H17N9O2. The van der Waals surface area contributed by atoms with E-state index >= 15 is 0 Å². The second kappa shape index (κ2) is 8.47. The maximum absolute atomic E-state index is 13.4. The number of hydrogen-bond donors (Lipinski definition) is 1. The summed E-state index contributed by atoms with van der Waals surface area (Å²) in [6, 6.07) is 13.4. The molecule has 0 aliphatic carbocycles. The van der Waals surface area contributed by atoms with Crippen molar-refractivity contribution < 1.29 is 9.59 Å². The van der Waals surface area contributed by atoms with Crippen LogP contribution in [0, 0.1) is 0 Å². The molecule has 0 spiro atoms. The van der Waals surface area contributed by atoms with E-state index in [0.717, 1.165) is 0 Å². The summed E-state index contributed by atoms with van der Waals surface area (Å²) in [6.07, 6.45) is 6.08. The molecule has 4 heterocycles. The van der Waals surface area contributed by atoms with Gasteiger partial charge in [0.05, 0.1) is 5.52 Å². The van der Waals surface area contributed by atoms with Crippen molar-refractivity contribution in [1.82, 2.24) is 34.7 Å². The molecule has 166 valence electrons. The monoisotopic (exact) mass is 451 g/mol. The van der Waals surface area contributed by atoms with Crippen molar-refractivity contribution >= 4 is 34.4 Å². The molecule has 0 fully saturated rings. The highest BCUT2D eigenvalue weighted by atomic mass is 16.2. The molecule has 34 heavy (non-hydrogen) atoms. The van der Waals surface area contributed by atoms with Gasteiger partial charge in [-0.2, -0.15) is 10.1 Å². The molecule has 0 aliphatic heterocycles. The summed E-state index contributed by atoms with van der Waals surface area (Å²) < 4.78 is 1.45. The number of nitrogen functional groups attached to an aromatic ring is 1. The fourth-order valence-electron chi connectivity index (χ4n) is 3.43. The Bertz CT molecular complexity index is 1520. The van der Waals surface area contributed by atoms with Gasteiger partial charge in [0, 0.05) is 48.9 Å². The van der Waals surface area contributed by atoms with Crippen LogP contribution in [0.3, 0.4) is 0 Å². The first-order valence-corrected chi connectivity index (χ1v) is 10.2. The molecule has 0 unspecified atom stereocenters. The zero-order valence-corrected chi connectivity index (χ0v) is 17.9. The summed E-state index contributed by atoms with van der Waals surface area (Å²) in [5.74, 6) is 0.174. The normalized spacial score (nSPS) is 10.9. The number of hydrogen-bond acceptors (Lipinski definition) is 9. The minimum atomic E-state index is -0.380. The van der Waals surface area contributed by atoms with Crippen molar-refractivity contribution in [2.45, 2.75) is 0 Å². The Hall–Kier alpha value is -5.06. The highest BCUT2D eigenvalue weighted by Gasteiger charge is 2.24. The molecule has 0 saturated heterocycles. The smallest absolute Gasteiger partial charge is 0.280 e. The molecule has 0 saturated carbocycles. The SMILES string of the molecule is CN(C(=O)c1nn(-c2ccnc(N)n2)c2cc(C(=O)c3ncccn3)ccc12)c1ccccn1. The van der Waals surface area contributed by atoms with Crippen LogP contribution in [0.1, 0.15) is 26.7 Å². The molecule has 0 atom stereocenters. The molecule has 11 nitrogen and oxygen atoms in total. The number of carbonyl (C=O) groups is 2. The van der Waals surface area contributed by atoms with E-state index in [2.05, 4.69) is 30.0 Å². The maximum atomic E-state index is 13.4. The number of aromatic nitrogens is 7. The van der Waals surface area contributed by atoms with Crippen LogP contribution in [0.4, 0.5) is 11.8 Å². The van der Waals surface area contributed by atoms with Gasteiger partial charge in [-0.3, -0.25) is 14.5 Å². The lowest BCUT2D eigenvalue weighted by Gasteiger charge is -2.14. The molecule has 0 aliphatic rings. The Morgan fingerprint density at radius 2 is 1.71 bits per heavy atom. The van der Waals surface area contributed by atoms with E-state index in [-0.39, 0.29) is 29.2 Å². The Labute approximate surface area is 193 Å². The summed E-state index contributed by atoms with van der Waals surface area (Å²) in [6.45, 7) is 0. The number of fused-ring (bicyclic) bond motifs is 1. The molecule has 4 aromatic heterocycles. The summed E-state index contributed by atoms with van der Waals surface area (Å²) in [5.41, 5.74) is 6.75. The molecule has 5 rings (SSSR count). The van der Waals surface area contributed by atoms with Gasteiger partial charge >= 0.3 is 0 Å². The molecule has 2 N–H and O–H groups in total. The topological polar surface area (TPSA) is 146 Å². The largest absolute Gasteiger partial charge is 0.368 e. The first kappa shape index (κ1) is 20.8. The number of anilines is 2. The number of ketones is 1. The van der Waals surface area contributed by atoms with Crippen molar-refractivity contribution in [3.8, 4) is 5.82 Å². The standard InChI is InChI=1S/C23H17N9O2/c1-31(17-5-2-3-9-25-17)22(34)19-15-7-6-14(20(33)21-26-10-4-11-27-21)13-16(15)32(30-19)18-8-12-28-23(24)29-18/h2-13H,1H3,(H2,24,28,29). The Morgan fingerprint density at radius 3 is 2.44 bits per heavy atom. The average Bonchev–Trinajstić information content (AvgIpc) is 3.27. The van der Waals surface area contributed by atoms with E-state index in [1.165, 1.54) is 28.2 Å². The lowest BCUT2D eigenvalue weighted by Crippen LogP contribution is -2.27. The highest BCUT2D eigenvalue weighted by Crippen LogP contribution is 2.25. The van der Waals surface area contributed by atoms with Gasteiger partial charge in [-0.05, 0) is 30.3 Å². The van der Waals surface area contributed by atoms with Crippen molar-refractivity contribution in [3.63, 3.8) is 0 Å². The van der Waals surface area contributed by atoms with Crippen LogP contribution in [-0.2, 0) is 0 Å². The van der Waals surface area contributed by atoms with E-state index in [9.17, 15) is 9.59 Å². The summed E-state index contributed by atoms with van der Waals surface area (Å²) >= 11 is 0. The fraction of sp³-hybridized carbons (Fsp3) is 0.0435. The second-order valence-corrected chi connectivity index (χ2v) is 7.22. The van der Waals surface area contributed by atoms with E-state index in [0.29, 0.717) is 28.1 Å². The molecular weight excluding hydrogens is 434 g/mol. The van der Waals surface area contributed by atoms with Gasteiger partial charge in [0.25, 0.3) is 5.91 Å². The van der Waals surface area contributed by atoms with Crippen LogP contribution in [0.5, 0.6) is 0 Å². The lowest BCUT2D eigenvalue weighted by molar-refractivity contribution is 0.0987. The summed E-state index contributed by atoms with van der Waals surface area (Å²) in [5, 5.41) is 5.05. The van der Waals surface area contributed by atoms with Crippen LogP contribution in [0.2, 0.25) is 0 Å². The van der Waals surface area contributed by atoms with Crippen molar-refractivity contribution in [2.75, 3.05) is 17.7 Å². The number of nitrogens with zero attached hydrogens (tertiary/aromatic N) is 8. The number of amides is 1. The van der Waals surface area contributed by atoms with Gasteiger partial charge in [0.2, 0.25) is 17.6 Å². The minimum Gasteiger partial charge on any atom is -0.368 e. The molecule has 0 bridgehead atoms.